The number of pyridine rings is 2. The average molecular weight is 349 g/mol. The topological polar surface area (TPSA) is 64.1 Å². The minimum Gasteiger partial charge on any atom is -0.496 e. The third kappa shape index (κ3) is 3.38. The molecule has 3 aromatic rings. The molecule has 0 radical (unpaired) electrons. The number of carbonyl (C=O) groups is 1. The Morgan fingerprint density at radius 2 is 1.92 bits per heavy atom. The molecule has 0 spiro atoms. The molecule has 0 fully saturated rings. The van der Waals surface area contributed by atoms with Crippen molar-refractivity contribution < 1.29 is 9.53 Å². The largest absolute Gasteiger partial charge is 0.496 e. The van der Waals surface area contributed by atoms with Gasteiger partial charge in [0.1, 0.15) is 5.75 Å². The molecular formula is C21H23N3O2. The second kappa shape index (κ2) is 7.12. The molecule has 1 amide bonds. The second-order valence-electron chi connectivity index (χ2n) is 6.55. The summed E-state index contributed by atoms with van der Waals surface area (Å²) in [7, 11) is 1.64. The Morgan fingerprint density at radius 1 is 1.15 bits per heavy atom. The Bertz CT molecular complexity index is 996. The summed E-state index contributed by atoms with van der Waals surface area (Å²) in [6.45, 7) is 8.12. The molecule has 1 N–H and O–H groups in total. The van der Waals surface area contributed by atoms with Crippen LogP contribution < -0.4 is 10.1 Å². The van der Waals surface area contributed by atoms with Gasteiger partial charge in [-0.1, -0.05) is 11.6 Å². The minimum atomic E-state index is -0.154. The number of carbonyl (C=O) groups excluding carboxylic acids is 1. The van der Waals surface area contributed by atoms with E-state index in [1.807, 2.05) is 52.0 Å². The van der Waals surface area contributed by atoms with Crippen molar-refractivity contribution in [3.05, 3.63) is 64.1 Å². The van der Waals surface area contributed by atoms with Gasteiger partial charge >= 0.3 is 0 Å². The number of methoxy groups -OCH3 is 1. The van der Waals surface area contributed by atoms with Crippen LogP contribution in [-0.2, 0) is 6.54 Å². The molecule has 1 aromatic carbocycles. The summed E-state index contributed by atoms with van der Waals surface area (Å²) >= 11 is 0. The molecule has 2 aromatic heterocycles. The van der Waals surface area contributed by atoms with Gasteiger partial charge in [-0.25, -0.2) is 0 Å². The van der Waals surface area contributed by atoms with Gasteiger partial charge in [0.05, 0.1) is 36.1 Å². The Labute approximate surface area is 153 Å². The Hall–Kier alpha value is -2.95. The van der Waals surface area contributed by atoms with Gasteiger partial charge in [0.15, 0.2) is 0 Å². The lowest BCUT2D eigenvalue weighted by atomic mass is 10.1. The van der Waals surface area contributed by atoms with E-state index in [0.29, 0.717) is 17.8 Å². The fraction of sp³-hybridized carbons (Fsp3) is 0.286. The van der Waals surface area contributed by atoms with E-state index in [0.717, 1.165) is 39.0 Å². The first kappa shape index (κ1) is 17.9. The van der Waals surface area contributed by atoms with Gasteiger partial charge in [-0.2, -0.15) is 0 Å². The van der Waals surface area contributed by atoms with Crippen LogP contribution in [-0.4, -0.2) is 23.0 Å². The highest BCUT2D eigenvalue weighted by Gasteiger charge is 2.14. The molecule has 0 aliphatic heterocycles. The number of nitrogens with zero attached hydrogens (tertiary/aromatic N) is 2. The van der Waals surface area contributed by atoms with E-state index in [4.69, 9.17) is 4.74 Å². The van der Waals surface area contributed by atoms with Crippen LogP contribution in [0.15, 0.2) is 30.5 Å². The predicted octanol–water partition coefficient (Wildman–Crippen LogP) is 3.80. The highest BCUT2D eigenvalue weighted by atomic mass is 16.5. The van der Waals surface area contributed by atoms with Crippen molar-refractivity contribution in [1.29, 1.82) is 0 Å². The molecule has 134 valence electrons. The van der Waals surface area contributed by atoms with Crippen molar-refractivity contribution in [2.45, 2.75) is 34.2 Å². The summed E-state index contributed by atoms with van der Waals surface area (Å²) in [5.74, 6) is 0.655. The number of amides is 1. The van der Waals surface area contributed by atoms with Crippen LogP contribution in [0.5, 0.6) is 5.75 Å². The summed E-state index contributed by atoms with van der Waals surface area (Å²) in [6, 6.07) is 7.93. The normalized spacial score (nSPS) is 10.8. The van der Waals surface area contributed by atoms with Crippen LogP contribution in [0, 0.1) is 27.7 Å². The first-order valence-electron chi connectivity index (χ1n) is 8.56. The lowest BCUT2D eigenvalue weighted by Crippen LogP contribution is -2.25. The number of aromatic nitrogens is 2. The van der Waals surface area contributed by atoms with Crippen molar-refractivity contribution in [3.63, 3.8) is 0 Å². The summed E-state index contributed by atoms with van der Waals surface area (Å²) in [4.78, 5) is 21.7. The van der Waals surface area contributed by atoms with Crippen LogP contribution in [0.4, 0.5) is 0 Å². The second-order valence-corrected chi connectivity index (χ2v) is 6.55. The van der Waals surface area contributed by atoms with Crippen LogP contribution in [0.1, 0.15) is 38.4 Å². The number of ether oxygens (including phenoxy) is 1. The smallest absolute Gasteiger partial charge is 0.253 e. The third-order valence-electron chi connectivity index (χ3n) is 4.57. The molecule has 0 saturated carbocycles. The molecule has 2 heterocycles. The third-order valence-corrected chi connectivity index (χ3v) is 4.57. The summed E-state index contributed by atoms with van der Waals surface area (Å²) in [5, 5.41) is 3.91. The molecule has 0 atom stereocenters. The lowest BCUT2D eigenvalue weighted by Gasteiger charge is -2.13. The Kier molecular flexibility index (Phi) is 4.89. The highest BCUT2D eigenvalue weighted by Crippen LogP contribution is 2.24. The van der Waals surface area contributed by atoms with Crippen molar-refractivity contribution in [1.82, 2.24) is 15.3 Å². The van der Waals surface area contributed by atoms with E-state index in [9.17, 15) is 4.79 Å². The van der Waals surface area contributed by atoms with Gasteiger partial charge in [0.2, 0.25) is 0 Å². The number of nitrogens with one attached hydrogen (secondary N) is 1. The lowest BCUT2D eigenvalue weighted by molar-refractivity contribution is 0.0949. The molecule has 0 saturated heterocycles. The maximum atomic E-state index is 12.7. The maximum Gasteiger partial charge on any atom is 0.253 e. The Balaban J connectivity index is 1.85. The van der Waals surface area contributed by atoms with Gasteiger partial charge in [-0.05, 0) is 45.9 Å². The van der Waals surface area contributed by atoms with E-state index in [-0.39, 0.29) is 5.91 Å². The zero-order valence-corrected chi connectivity index (χ0v) is 15.8. The van der Waals surface area contributed by atoms with Gasteiger partial charge in [0.25, 0.3) is 5.91 Å². The molecule has 5 nitrogen and oxygen atoms in total. The summed E-state index contributed by atoms with van der Waals surface area (Å²) < 4.78 is 5.42. The van der Waals surface area contributed by atoms with Gasteiger partial charge in [-0.15, -0.1) is 0 Å². The van der Waals surface area contributed by atoms with Crippen LogP contribution >= 0.6 is 0 Å². The summed E-state index contributed by atoms with van der Waals surface area (Å²) in [6.07, 6.45) is 1.76. The number of hydrogen-bond acceptors (Lipinski definition) is 4. The minimum absolute atomic E-state index is 0.154. The molecular weight excluding hydrogens is 326 g/mol. The van der Waals surface area contributed by atoms with Crippen molar-refractivity contribution in [2.75, 3.05) is 7.11 Å². The zero-order valence-electron chi connectivity index (χ0n) is 15.8. The number of fused-ring (bicyclic) bond motifs is 1. The number of aryl methyl sites for hydroxylation is 3. The number of hydrogen-bond donors (Lipinski definition) is 1. The SMILES string of the molecule is COc1c(C)cnc(CNC(=O)c2cc3cc(C)ccc3nc2C)c1C. The van der Waals surface area contributed by atoms with Crippen LogP contribution in [0.3, 0.4) is 0 Å². The van der Waals surface area contributed by atoms with Crippen molar-refractivity contribution >= 4 is 16.8 Å². The predicted molar refractivity (Wildman–Crippen MR) is 103 cm³/mol. The fourth-order valence-corrected chi connectivity index (χ4v) is 3.13. The van der Waals surface area contributed by atoms with Crippen molar-refractivity contribution in [2.24, 2.45) is 0 Å². The molecule has 0 bridgehead atoms. The van der Waals surface area contributed by atoms with E-state index >= 15 is 0 Å². The fourth-order valence-electron chi connectivity index (χ4n) is 3.13. The van der Waals surface area contributed by atoms with E-state index < -0.39 is 0 Å². The van der Waals surface area contributed by atoms with Crippen LogP contribution in [0.2, 0.25) is 0 Å². The number of rotatable bonds is 4. The molecule has 5 heteroatoms. The molecule has 3 rings (SSSR count). The maximum absolute atomic E-state index is 12.7. The standard InChI is InChI=1S/C21H23N3O2/c1-12-6-7-18-16(8-12)9-17(15(4)24-18)21(25)23-11-19-14(3)20(26-5)13(2)10-22-19/h6-10H,11H2,1-5H3,(H,23,25). The first-order chi connectivity index (χ1) is 12.4. The van der Waals surface area contributed by atoms with Gasteiger partial charge in [-0.3, -0.25) is 14.8 Å². The molecule has 0 unspecified atom stereocenters. The molecule has 0 aliphatic rings. The molecule has 26 heavy (non-hydrogen) atoms. The first-order valence-corrected chi connectivity index (χ1v) is 8.56. The highest BCUT2D eigenvalue weighted by molar-refractivity contribution is 5.98. The monoisotopic (exact) mass is 349 g/mol. The van der Waals surface area contributed by atoms with Crippen molar-refractivity contribution in [3.8, 4) is 5.75 Å². The van der Waals surface area contributed by atoms with E-state index in [1.165, 1.54) is 0 Å². The molecule has 0 aliphatic carbocycles. The van der Waals surface area contributed by atoms with E-state index in [2.05, 4.69) is 15.3 Å². The van der Waals surface area contributed by atoms with Gasteiger partial charge < -0.3 is 10.1 Å². The number of benzene rings is 1. The quantitative estimate of drug-likeness (QED) is 0.778. The van der Waals surface area contributed by atoms with Gasteiger partial charge in [0, 0.05) is 22.7 Å². The zero-order chi connectivity index (χ0) is 18.8. The van der Waals surface area contributed by atoms with Crippen LogP contribution in [0.25, 0.3) is 10.9 Å². The average Bonchev–Trinajstić information content (AvgIpc) is 2.61. The van der Waals surface area contributed by atoms with E-state index in [1.54, 1.807) is 13.3 Å². The summed E-state index contributed by atoms with van der Waals surface area (Å²) in [5.41, 5.74) is 6.04. The Morgan fingerprint density at radius 3 is 2.65 bits per heavy atom.